The van der Waals surface area contributed by atoms with Crippen LogP contribution in [-0.2, 0) is 11.2 Å². The first-order valence-corrected chi connectivity index (χ1v) is 6.97. The summed E-state index contributed by atoms with van der Waals surface area (Å²) in [5.74, 6) is -0.119. The third-order valence-electron chi connectivity index (χ3n) is 3.82. The van der Waals surface area contributed by atoms with Crippen molar-refractivity contribution in [3.63, 3.8) is 0 Å². The van der Waals surface area contributed by atoms with Crippen LogP contribution >= 0.6 is 0 Å². The Morgan fingerprint density at radius 1 is 1.26 bits per heavy atom. The topological polar surface area (TPSA) is 21.3 Å². The summed E-state index contributed by atoms with van der Waals surface area (Å²) in [6, 6.07) is 7.28. The molecule has 1 atom stereocenters. The predicted octanol–water partition coefficient (Wildman–Crippen LogP) is 3.30. The van der Waals surface area contributed by atoms with Crippen LogP contribution in [0.4, 0.5) is 4.39 Å². The molecule has 1 unspecified atom stereocenters. The van der Waals surface area contributed by atoms with Gasteiger partial charge in [0.25, 0.3) is 0 Å². The summed E-state index contributed by atoms with van der Waals surface area (Å²) in [6.45, 7) is 9.24. The zero-order chi connectivity index (χ0) is 14.1. The Hall–Kier alpha value is -0.930. The summed E-state index contributed by atoms with van der Waals surface area (Å²) in [5.41, 5.74) is 0.517. The van der Waals surface area contributed by atoms with Gasteiger partial charge in [0, 0.05) is 6.04 Å². The molecule has 0 bridgehead atoms. The molecule has 0 aliphatic carbocycles. The van der Waals surface area contributed by atoms with E-state index < -0.39 is 0 Å². The Bertz CT molecular complexity index is 442. The molecular weight excluding hydrogens is 241 g/mol. The van der Waals surface area contributed by atoms with Crippen LogP contribution in [0.2, 0.25) is 0 Å². The van der Waals surface area contributed by atoms with Gasteiger partial charge in [-0.2, -0.15) is 0 Å². The van der Waals surface area contributed by atoms with Crippen LogP contribution < -0.4 is 5.32 Å². The highest BCUT2D eigenvalue weighted by Crippen LogP contribution is 2.37. The standard InChI is InChI=1S/C16H24FNO/c1-15(2)11-14(16(3,4)19-15)18-10-9-12-7-5-6-8-13(12)17/h5-8,14,18H,9-11H2,1-4H3. The molecular formula is C16H24FNO. The fourth-order valence-corrected chi connectivity index (χ4v) is 2.96. The highest BCUT2D eigenvalue weighted by atomic mass is 19.1. The second-order valence-electron chi connectivity index (χ2n) is 6.52. The summed E-state index contributed by atoms with van der Waals surface area (Å²) in [6.07, 6.45) is 1.69. The minimum absolute atomic E-state index is 0.0842. The van der Waals surface area contributed by atoms with Gasteiger partial charge < -0.3 is 10.1 Å². The second-order valence-corrected chi connectivity index (χ2v) is 6.52. The van der Waals surface area contributed by atoms with Gasteiger partial charge in [0.2, 0.25) is 0 Å². The molecule has 0 amide bonds. The lowest BCUT2D eigenvalue weighted by Gasteiger charge is -2.27. The van der Waals surface area contributed by atoms with Crippen LogP contribution in [0, 0.1) is 5.82 Å². The zero-order valence-corrected chi connectivity index (χ0v) is 12.3. The van der Waals surface area contributed by atoms with Crippen LogP contribution in [0.1, 0.15) is 39.7 Å². The lowest BCUT2D eigenvalue weighted by atomic mass is 9.94. The van der Waals surface area contributed by atoms with Gasteiger partial charge in [-0.1, -0.05) is 18.2 Å². The maximum absolute atomic E-state index is 13.5. The summed E-state index contributed by atoms with van der Waals surface area (Å²) >= 11 is 0. The number of rotatable bonds is 4. The van der Waals surface area contributed by atoms with Gasteiger partial charge in [-0.25, -0.2) is 4.39 Å². The maximum Gasteiger partial charge on any atom is 0.126 e. The molecule has 2 nitrogen and oxygen atoms in total. The summed E-state index contributed by atoms with van der Waals surface area (Å²) in [5, 5.41) is 3.51. The summed E-state index contributed by atoms with van der Waals surface area (Å²) < 4.78 is 19.6. The molecule has 2 rings (SSSR count). The lowest BCUT2D eigenvalue weighted by molar-refractivity contribution is -0.0697. The quantitative estimate of drug-likeness (QED) is 0.902. The van der Waals surface area contributed by atoms with Crippen LogP contribution in [0.15, 0.2) is 24.3 Å². The van der Waals surface area contributed by atoms with Gasteiger partial charge in [0.1, 0.15) is 5.82 Å². The summed E-state index contributed by atoms with van der Waals surface area (Å²) in [4.78, 5) is 0. The fraction of sp³-hybridized carbons (Fsp3) is 0.625. The maximum atomic E-state index is 13.5. The van der Waals surface area contributed by atoms with E-state index in [4.69, 9.17) is 4.74 Å². The van der Waals surface area contributed by atoms with E-state index in [1.165, 1.54) is 6.07 Å². The molecule has 1 heterocycles. The van der Waals surface area contributed by atoms with Gasteiger partial charge in [-0.15, -0.1) is 0 Å². The van der Waals surface area contributed by atoms with E-state index in [-0.39, 0.29) is 17.0 Å². The highest BCUT2D eigenvalue weighted by molar-refractivity contribution is 5.17. The van der Waals surface area contributed by atoms with Crippen molar-refractivity contribution in [3.8, 4) is 0 Å². The molecule has 1 aliphatic heterocycles. The molecule has 0 aromatic heterocycles. The van der Waals surface area contributed by atoms with Gasteiger partial charge in [0.15, 0.2) is 0 Å². The second kappa shape index (κ2) is 5.22. The first-order chi connectivity index (χ1) is 8.80. The smallest absolute Gasteiger partial charge is 0.126 e. The third-order valence-corrected chi connectivity index (χ3v) is 3.82. The number of hydrogen-bond acceptors (Lipinski definition) is 2. The SMILES string of the molecule is CC1(C)CC(NCCc2ccccc2F)C(C)(C)O1. The average molecular weight is 265 g/mol. The van der Waals surface area contributed by atoms with E-state index >= 15 is 0 Å². The number of benzene rings is 1. The molecule has 106 valence electrons. The Morgan fingerprint density at radius 2 is 1.95 bits per heavy atom. The molecule has 19 heavy (non-hydrogen) atoms. The summed E-state index contributed by atoms with van der Waals surface area (Å²) in [7, 11) is 0. The molecule has 0 radical (unpaired) electrons. The predicted molar refractivity (Wildman–Crippen MR) is 75.8 cm³/mol. The van der Waals surface area contributed by atoms with Crippen molar-refractivity contribution in [1.29, 1.82) is 0 Å². The minimum atomic E-state index is -0.168. The van der Waals surface area contributed by atoms with E-state index in [0.717, 1.165) is 18.5 Å². The Kier molecular flexibility index (Phi) is 3.98. The van der Waals surface area contributed by atoms with Gasteiger partial charge in [-0.3, -0.25) is 0 Å². The van der Waals surface area contributed by atoms with E-state index in [1.807, 2.05) is 12.1 Å². The van der Waals surface area contributed by atoms with E-state index in [1.54, 1.807) is 6.07 Å². The van der Waals surface area contributed by atoms with Crippen molar-refractivity contribution in [3.05, 3.63) is 35.6 Å². The molecule has 3 heteroatoms. The third kappa shape index (κ3) is 3.54. The molecule has 1 aromatic rings. The largest absolute Gasteiger partial charge is 0.368 e. The fourth-order valence-electron chi connectivity index (χ4n) is 2.96. The first kappa shape index (κ1) is 14.5. The van der Waals surface area contributed by atoms with Crippen LogP contribution in [0.5, 0.6) is 0 Å². The average Bonchev–Trinajstić information content (AvgIpc) is 2.49. The Morgan fingerprint density at radius 3 is 2.53 bits per heavy atom. The normalized spacial score (nSPS) is 24.6. The number of hydrogen-bond donors (Lipinski definition) is 1. The van der Waals surface area contributed by atoms with Crippen molar-refractivity contribution in [2.45, 2.75) is 57.8 Å². The van der Waals surface area contributed by atoms with Crippen molar-refractivity contribution >= 4 is 0 Å². The van der Waals surface area contributed by atoms with E-state index in [0.29, 0.717) is 12.5 Å². The molecule has 1 aromatic carbocycles. The number of halogens is 1. The molecule has 1 aliphatic rings. The van der Waals surface area contributed by atoms with Gasteiger partial charge in [0.05, 0.1) is 11.2 Å². The Labute approximate surface area is 115 Å². The van der Waals surface area contributed by atoms with Crippen molar-refractivity contribution in [2.75, 3.05) is 6.54 Å². The van der Waals surface area contributed by atoms with Crippen molar-refractivity contribution < 1.29 is 9.13 Å². The lowest BCUT2D eigenvalue weighted by Crippen LogP contribution is -2.44. The molecule has 1 saturated heterocycles. The van der Waals surface area contributed by atoms with Gasteiger partial charge in [-0.05, 0) is 58.7 Å². The van der Waals surface area contributed by atoms with Crippen molar-refractivity contribution in [1.82, 2.24) is 5.32 Å². The van der Waals surface area contributed by atoms with E-state index in [9.17, 15) is 4.39 Å². The van der Waals surface area contributed by atoms with E-state index in [2.05, 4.69) is 33.0 Å². The molecule has 1 N–H and O–H groups in total. The number of ether oxygens (including phenoxy) is 1. The first-order valence-electron chi connectivity index (χ1n) is 6.97. The molecule has 0 spiro atoms. The molecule has 1 fully saturated rings. The van der Waals surface area contributed by atoms with Crippen LogP contribution in [0.3, 0.4) is 0 Å². The Balaban J connectivity index is 1.88. The minimum Gasteiger partial charge on any atom is -0.368 e. The highest BCUT2D eigenvalue weighted by Gasteiger charge is 2.45. The monoisotopic (exact) mass is 265 g/mol. The number of nitrogens with one attached hydrogen (secondary N) is 1. The van der Waals surface area contributed by atoms with Crippen molar-refractivity contribution in [2.24, 2.45) is 0 Å². The van der Waals surface area contributed by atoms with Crippen LogP contribution in [0.25, 0.3) is 0 Å². The van der Waals surface area contributed by atoms with Gasteiger partial charge >= 0.3 is 0 Å². The van der Waals surface area contributed by atoms with Crippen LogP contribution in [-0.4, -0.2) is 23.8 Å². The zero-order valence-electron chi connectivity index (χ0n) is 12.3. The molecule has 0 saturated carbocycles.